The number of nitro groups is 1. The second-order valence-corrected chi connectivity index (χ2v) is 5.93. The largest absolute Gasteiger partial charge is 0.369 e. The van der Waals surface area contributed by atoms with Gasteiger partial charge in [-0.2, -0.15) is 0 Å². The number of hydrogen-bond donors (Lipinski definition) is 2. The smallest absolute Gasteiger partial charge is 0.276 e. The van der Waals surface area contributed by atoms with E-state index < -0.39 is 23.5 Å². The van der Waals surface area contributed by atoms with E-state index in [0.717, 1.165) is 0 Å². The van der Waals surface area contributed by atoms with Crippen LogP contribution in [0, 0.1) is 10.1 Å². The van der Waals surface area contributed by atoms with Crippen LogP contribution in [0.5, 0.6) is 0 Å². The number of nitro benzene ring substituents is 1. The van der Waals surface area contributed by atoms with E-state index in [9.17, 15) is 20.3 Å². The average Bonchev–Trinajstić information content (AvgIpc) is 3.00. The molecular formula is C17H15N7O4. The SMILES string of the molecule is O=[N+]([O-])c1ccccc1C1N(c2ncccn2)[C@H](O)[C@@H](O)N1c1ncccn1. The van der Waals surface area contributed by atoms with E-state index in [-0.39, 0.29) is 23.1 Å². The molecule has 1 saturated heterocycles. The Morgan fingerprint density at radius 1 is 0.821 bits per heavy atom. The Kier molecular flexibility index (Phi) is 4.51. The van der Waals surface area contributed by atoms with Gasteiger partial charge in [0, 0.05) is 30.9 Å². The summed E-state index contributed by atoms with van der Waals surface area (Å²) in [5.74, 6) is 0.186. The van der Waals surface area contributed by atoms with Crippen molar-refractivity contribution in [2.75, 3.05) is 9.80 Å². The Hall–Kier alpha value is -3.70. The van der Waals surface area contributed by atoms with Crippen molar-refractivity contribution in [3.05, 3.63) is 76.9 Å². The third-order valence-electron chi connectivity index (χ3n) is 4.34. The number of aromatic nitrogens is 4. The van der Waals surface area contributed by atoms with Crippen LogP contribution in [0.15, 0.2) is 61.2 Å². The minimum atomic E-state index is -1.48. The fourth-order valence-electron chi connectivity index (χ4n) is 3.19. The number of hydrogen-bond acceptors (Lipinski definition) is 10. The zero-order chi connectivity index (χ0) is 19.7. The first-order valence-electron chi connectivity index (χ1n) is 8.30. The fourth-order valence-corrected chi connectivity index (χ4v) is 3.19. The maximum Gasteiger partial charge on any atom is 0.276 e. The van der Waals surface area contributed by atoms with Crippen LogP contribution < -0.4 is 9.80 Å². The summed E-state index contributed by atoms with van der Waals surface area (Å²) in [5, 5.41) is 33.1. The van der Waals surface area contributed by atoms with E-state index in [1.165, 1.54) is 46.7 Å². The predicted octanol–water partition coefficient (Wildman–Crippen LogP) is 0.837. The van der Waals surface area contributed by atoms with Gasteiger partial charge >= 0.3 is 0 Å². The van der Waals surface area contributed by atoms with E-state index in [1.807, 2.05) is 0 Å². The van der Waals surface area contributed by atoms with E-state index >= 15 is 0 Å². The van der Waals surface area contributed by atoms with Gasteiger partial charge in [0.15, 0.2) is 12.5 Å². The molecule has 1 fully saturated rings. The minimum Gasteiger partial charge on any atom is -0.369 e. The lowest BCUT2D eigenvalue weighted by atomic mass is 10.1. The van der Waals surface area contributed by atoms with Gasteiger partial charge in [-0.3, -0.25) is 19.9 Å². The molecule has 0 radical (unpaired) electrons. The van der Waals surface area contributed by atoms with Gasteiger partial charge in [-0.25, -0.2) is 19.9 Å². The first-order chi connectivity index (χ1) is 13.6. The van der Waals surface area contributed by atoms with Crippen LogP contribution >= 0.6 is 0 Å². The molecule has 0 aliphatic carbocycles. The molecule has 1 aromatic carbocycles. The Balaban J connectivity index is 1.93. The standard InChI is InChI=1S/C17H15N7O4/c25-14-15(26)23(17-20-9-4-10-21-17)13(22(14)16-18-7-3-8-19-16)11-5-1-2-6-12(11)24(27)28/h1-10,13-15,25-26H/t14-,15-/m1/s1. The van der Waals surface area contributed by atoms with Gasteiger partial charge in [0.1, 0.15) is 6.17 Å². The summed E-state index contributed by atoms with van der Waals surface area (Å²) in [6.07, 6.45) is 1.92. The predicted molar refractivity (Wildman–Crippen MR) is 96.9 cm³/mol. The van der Waals surface area contributed by atoms with Gasteiger partial charge in [0.2, 0.25) is 11.9 Å². The third kappa shape index (κ3) is 2.88. The molecule has 0 saturated carbocycles. The zero-order valence-electron chi connectivity index (χ0n) is 14.3. The van der Waals surface area contributed by atoms with Gasteiger partial charge in [-0.05, 0) is 18.2 Å². The number of aliphatic hydroxyl groups excluding tert-OH is 2. The van der Waals surface area contributed by atoms with Crippen molar-refractivity contribution in [1.82, 2.24) is 19.9 Å². The highest BCUT2D eigenvalue weighted by atomic mass is 16.6. The van der Waals surface area contributed by atoms with Gasteiger partial charge in [-0.1, -0.05) is 12.1 Å². The van der Waals surface area contributed by atoms with E-state index in [4.69, 9.17) is 0 Å². The van der Waals surface area contributed by atoms with Crippen LogP contribution in [0.4, 0.5) is 17.6 Å². The molecule has 0 bridgehead atoms. The molecule has 2 N–H and O–H groups in total. The third-order valence-corrected chi connectivity index (χ3v) is 4.34. The summed E-state index contributed by atoms with van der Waals surface area (Å²) >= 11 is 0. The second kappa shape index (κ2) is 7.13. The van der Waals surface area contributed by atoms with Crippen LogP contribution in [0.2, 0.25) is 0 Å². The Labute approximate surface area is 158 Å². The highest BCUT2D eigenvalue weighted by Crippen LogP contribution is 2.42. The maximum atomic E-state index is 11.6. The van der Waals surface area contributed by atoms with Crippen LogP contribution in [-0.4, -0.2) is 47.5 Å². The number of rotatable bonds is 4. The summed E-state index contributed by atoms with van der Waals surface area (Å²) in [6.45, 7) is 0. The molecule has 0 amide bonds. The Morgan fingerprint density at radius 3 is 1.75 bits per heavy atom. The molecule has 3 aromatic rings. The van der Waals surface area contributed by atoms with Gasteiger partial charge in [0.25, 0.3) is 5.69 Å². The number of para-hydroxylation sites is 1. The lowest BCUT2D eigenvalue weighted by Crippen LogP contribution is -2.37. The van der Waals surface area contributed by atoms with Crippen molar-refractivity contribution in [3.63, 3.8) is 0 Å². The van der Waals surface area contributed by atoms with Crippen LogP contribution in [0.3, 0.4) is 0 Å². The molecule has 1 aliphatic rings. The molecule has 0 unspecified atom stereocenters. The summed E-state index contributed by atoms with van der Waals surface area (Å²) in [6, 6.07) is 9.25. The van der Waals surface area contributed by atoms with Crippen molar-refractivity contribution in [2.45, 2.75) is 18.6 Å². The highest BCUT2D eigenvalue weighted by molar-refractivity contribution is 5.55. The molecule has 142 valence electrons. The quantitative estimate of drug-likeness (QED) is 0.493. The van der Waals surface area contributed by atoms with E-state index in [2.05, 4.69) is 19.9 Å². The average molecular weight is 381 g/mol. The first kappa shape index (κ1) is 17.7. The van der Waals surface area contributed by atoms with E-state index in [1.54, 1.807) is 24.3 Å². The number of benzene rings is 1. The molecule has 3 heterocycles. The molecule has 4 rings (SSSR count). The molecule has 1 aliphatic heterocycles. The normalized spacial score (nSPS) is 19.8. The topological polar surface area (TPSA) is 142 Å². The summed E-state index contributed by atoms with van der Waals surface area (Å²) in [5.41, 5.74) is 0.0404. The lowest BCUT2D eigenvalue weighted by Gasteiger charge is -2.30. The number of nitrogens with zero attached hydrogens (tertiary/aromatic N) is 7. The summed E-state index contributed by atoms with van der Waals surface area (Å²) in [7, 11) is 0. The van der Waals surface area contributed by atoms with Crippen LogP contribution in [0.25, 0.3) is 0 Å². The van der Waals surface area contributed by atoms with Crippen molar-refractivity contribution in [3.8, 4) is 0 Å². The molecule has 0 spiro atoms. The summed E-state index contributed by atoms with van der Waals surface area (Å²) in [4.78, 5) is 30.2. The number of anilines is 2. The second-order valence-electron chi connectivity index (χ2n) is 5.93. The van der Waals surface area contributed by atoms with E-state index in [0.29, 0.717) is 0 Å². The van der Waals surface area contributed by atoms with Gasteiger partial charge < -0.3 is 10.2 Å². The molecular weight excluding hydrogens is 366 g/mol. The molecule has 11 nitrogen and oxygen atoms in total. The van der Waals surface area contributed by atoms with Gasteiger partial charge in [-0.15, -0.1) is 0 Å². The van der Waals surface area contributed by atoms with Crippen LogP contribution in [-0.2, 0) is 0 Å². The fraction of sp³-hybridized carbons (Fsp3) is 0.176. The molecule has 2 aromatic heterocycles. The molecule has 28 heavy (non-hydrogen) atoms. The minimum absolute atomic E-state index is 0.0932. The first-order valence-corrected chi connectivity index (χ1v) is 8.30. The van der Waals surface area contributed by atoms with Crippen LogP contribution in [0.1, 0.15) is 11.7 Å². The highest BCUT2D eigenvalue weighted by Gasteiger charge is 2.50. The zero-order valence-corrected chi connectivity index (χ0v) is 14.3. The van der Waals surface area contributed by atoms with Gasteiger partial charge in [0.05, 0.1) is 10.5 Å². The monoisotopic (exact) mass is 381 g/mol. The van der Waals surface area contributed by atoms with Crippen molar-refractivity contribution in [2.24, 2.45) is 0 Å². The molecule has 11 heteroatoms. The lowest BCUT2D eigenvalue weighted by molar-refractivity contribution is -0.385. The Bertz CT molecular complexity index is 924. The molecule has 2 atom stereocenters. The van der Waals surface area contributed by atoms with Crippen molar-refractivity contribution in [1.29, 1.82) is 0 Å². The maximum absolute atomic E-state index is 11.6. The number of aliphatic hydroxyl groups is 2. The van der Waals surface area contributed by atoms with Crippen molar-refractivity contribution < 1.29 is 15.1 Å². The summed E-state index contributed by atoms with van der Waals surface area (Å²) < 4.78 is 0. The van der Waals surface area contributed by atoms with Crippen molar-refractivity contribution >= 4 is 17.6 Å². The Morgan fingerprint density at radius 2 is 1.29 bits per heavy atom.